The fraction of sp³-hybridized carbons (Fsp3) is 0.294. The Morgan fingerprint density at radius 3 is 2.57 bits per heavy atom. The molecule has 2 aromatic carbocycles. The molecule has 0 spiro atoms. The van der Waals surface area contributed by atoms with Gasteiger partial charge >= 0.3 is 0 Å². The van der Waals surface area contributed by atoms with Gasteiger partial charge in [-0.05, 0) is 55.3 Å². The van der Waals surface area contributed by atoms with Gasteiger partial charge in [0.25, 0.3) is 0 Å². The van der Waals surface area contributed by atoms with E-state index in [1.165, 1.54) is 12.1 Å². The predicted molar refractivity (Wildman–Crippen MR) is 82.6 cm³/mol. The lowest BCUT2D eigenvalue weighted by Gasteiger charge is -2.13. The minimum absolute atomic E-state index is 0.221. The lowest BCUT2D eigenvalue weighted by molar-refractivity contribution is 0.310. The molecule has 0 radical (unpaired) electrons. The number of halogens is 1. The first-order chi connectivity index (χ1) is 10.1. The molecule has 0 aliphatic heterocycles. The fourth-order valence-electron chi connectivity index (χ4n) is 2.12. The summed E-state index contributed by atoms with van der Waals surface area (Å²) in [4.78, 5) is 0. The zero-order valence-corrected chi connectivity index (χ0v) is 12.6. The molecular weight excluding hydrogens is 269 g/mol. The Bertz CT molecular complexity index is 614. The van der Waals surface area contributed by atoms with Gasteiger partial charge in [0.1, 0.15) is 5.82 Å². The van der Waals surface area contributed by atoms with Crippen LogP contribution in [0.2, 0.25) is 0 Å². The second-order valence-corrected chi connectivity index (χ2v) is 4.73. The monoisotopic (exact) mass is 289 g/mol. The Hall–Kier alpha value is -2.23. The van der Waals surface area contributed by atoms with E-state index in [1.54, 1.807) is 13.2 Å². The summed E-state index contributed by atoms with van der Waals surface area (Å²) >= 11 is 0. The van der Waals surface area contributed by atoms with Crippen molar-refractivity contribution in [3.63, 3.8) is 0 Å². The maximum atomic E-state index is 13.1. The van der Waals surface area contributed by atoms with E-state index in [-0.39, 0.29) is 5.82 Å². The summed E-state index contributed by atoms with van der Waals surface area (Å²) < 4.78 is 23.9. The molecule has 0 saturated heterocycles. The van der Waals surface area contributed by atoms with Crippen molar-refractivity contribution in [3.05, 3.63) is 53.3 Å². The molecule has 1 N–H and O–H groups in total. The summed E-state index contributed by atoms with van der Waals surface area (Å²) in [5.74, 6) is 1.23. The summed E-state index contributed by atoms with van der Waals surface area (Å²) in [7, 11) is 1.62. The zero-order chi connectivity index (χ0) is 15.2. The molecule has 2 rings (SSSR count). The van der Waals surface area contributed by atoms with Gasteiger partial charge in [0.15, 0.2) is 11.5 Å². The van der Waals surface area contributed by atoms with Crippen molar-refractivity contribution in [1.29, 1.82) is 0 Å². The van der Waals surface area contributed by atoms with Crippen LogP contribution in [0, 0.1) is 12.7 Å². The Morgan fingerprint density at radius 2 is 1.90 bits per heavy atom. The van der Waals surface area contributed by atoms with Gasteiger partial charge in [0.05, 0.1) is 13.7 Å². The Kier molecular flexibility index (Phi) is 5.04. The number of hydrogen-bond donors (Lipinski definition) is 1. The Balaban J connectivity index is 2.09. The van der Waals surface area contributed by atoms with E-state index in [0.29, 0.717) is 18.9 Å². The van der Waals surface area contributed by atoms with Gasteiger partial charge in [-0.2, -0.15) is 0 Å². The lowest BCUT2D eigenvalue weighted by Crippen LogP contribution is -2.02. The van der Waals surface area contributed by atoms with Crippen molar-refractivity contribution in [2.45, 2.75) is 20.4 Å². The molecular formula is C17H20FNO2. The molecule has 0 saturated carbocycles. The van der Waals surface area contributed by atoms with Crippen LogP contribution in [0.25, 0.3) is 0 Å². The summed E-state index contributed by atoms with van der Waals surface area (Å²) in [6, 6.07) is 10.5. The second-order valence-electron chi connectivity index (χ2n) is 4.73. The molecule has 0 aliphatic carbocycles. The maximum absolute atomic E-state index is 13.1. The highest BCUT2D eigenvalue weighted by Crippen LogP contribution is 2.28. The standard InChI is InChI=1S/C17H20FNO2/c1-4-21-16-8-5-13(10-17(16)20-3)11-19-15-7-6-14(18)9-12(15)2/h5-10,19H,4,11H2,1-3H3. The highest BCUT2D eigenvalue weighted by molar-refractivity contribution is 5.51. The molecule has 0 atom stereocenters. The van der Waals surface area contributed by atoms with Gasteiger partial charge in [-0.1, -0.05) is 6.07 Å². The van der Waals surface area contributed by atoms with E-state index in [9.17, 15) is 4.39 Å². The second kappa shape index (κ2) is 6.97. The topological polar surface area (TPSA) is 30.5 Å². The molecule has 0 aromatic heterocycles. The Labute approximate surface area is 124 Å². The first-order valence-corrected chi connectivity index (χ1v) is 6.93. The van der Waals surface area contributed by atoms with Crippen LogP contribution in [-0.4, -0.2) is 13.7 Å². The summed E-state index contributed by atoms with van der Waals surface area (Å²) in [6.07, 6.45) is 0. The number of anilines is 1. The molecule has 3 nitrogen and oxygen atoms in total. The van der Waals surface area contributed by atoms with Crippen LogP contribution in [0.1, 0.15) is 18.1 Å². The third-order valence-electron chi connectivity index (χ3n) is 3.20. The van der Waals surface area contributed by atoms with Crippen LogP contribution in [0.3, 0.4) is 0 Å². The van der Waals surface area contributed by atoms with E-state index >= 15 is 0 Å². The van der Waals surface area contributed by atoms with Crippen molar-refractivity contribution in [1.82, 2.24) is 0 Å². The Morgan fingerprint density at radius 1 is 1.10 bits per heavy atom. The van der Waals surface area contributed by atoms with Crippen LogP contribution >= 0.6 is 0 Å². The first-order valence-electron chi connectivity index (χ1n) is 6.93. The van der Waals surface area contributed by atoms with Crippen molar-refractivity contribution >= 4 is 5.69 Å². The number of rotatable bonds is 6. The largest absolute Gasteiger partial charge is 0.493 e. The highest BCUT2D eigenvalue weighted by atomic mass is 19.1. The van der Waals surface area contributed by atoms with Crippen molar-refractivity contribution < 1.29 is 13.9 Å². The normalized spacial score (nSPS) is 10.3. The minimum Gasteiger partial charge on any atom is -0.493 e. The molecule has 0 amide bonds. The maximum Gasteiger partial charge on any atom is 0.161 e. The third kappa shape index (κ3) is 3.88. The fourth-order valence-corrected chi connectivity index (χ4v) is 2.12. The lowest BCUT2D eigenvalue weighted by atomic mass is 10.1. The van der Waals surface area contributed by atoms with Crippen LogP contribution in [0.4, 0.5) is 10.1 Å². The van der Waals surface area contributed by atoms with Gasteiger partial charge in [-0.3, -0.25) is 0 Å². The van der Waals surface area contributed by atoms with Gasteiger partial charge in [-0.25, -0.2) is 4.39 Å². The average molecular weight is 289 g/mol. The highest BCUT2D eigenvalue weighted by Gasteiger charge is 2.06. The third-order valence-corrected chi connectivity index (χ3v) is 3.20. The number of methoxy groups -OCH3 is 1. The van der Waals surface area contributed by atoms with Gasteiger partial charge in [0.2, 0.25) is 0 Å². The summed E-state index contributed by atoms with van der Waals surface area (Å²) in [5, 5.41) is 3.30. The number of benzene rings is 2. The molecule has 0 heterocycles. The average Bonchev–Trinajstić information content (AvgIpc) is 2.47. The zero-order valence-electron chi connectivity index (χ0n) is 12.6. The predicted octanol–water partition coefficient (Wildman–Crippen LogP) is 4.15. The molecule has 21 heavy (non-hydrogen) atoms. The van der Waals surface area contributed by atoms with Crippen molar-refractivity contribution in [3.8, 4) is 11.5 Å². The van der Waals surface area contributed by atoms with Gasteiger partial charge in [-0.15, -0.1) is 0 Å². The SMILES string of the molecule is CCOc1ccc(CNc2ccc(F)cc2C)cc1OC. The van der Waals surface area contributed by atoms with Crippen molar-refractivity contribution in [2.75, 3.05) is 19.0 Å². The molecule has 4 heteroatoms. The van der Waals surface area contributed by atoms with Gasteiger partial charge in [0, 0.05) is 12.2 Å². The minimum atomic E-state index is -0.221. The summed E-state index contributed by atoms with van der Waals surface area (Å²) in [6.45, 7) is 5.05. The van der Waals surface area contributed by atoms with Crippen molar-refractivity contribution in [2.24, 2.45) is 0 Å². The number of nitrogens with one attached hydrogen (secondary N) is 1. The smallest absolute Gasteiger partial charge is 0.161 e. The molecule has 0 aliphatic rings. The quantitative estimate of drug-likeness (QED) is 0.866. The number of ether oxygens (including phenoxy) is 2. The van der Waals surface area contributed by atoms with Crippen LogP contribution in [-0.2, 0) is 6.54 Å². The van der Waals surface area contributed by atoms with Gasteiger partial charge < -0.3 is 14.8 Å². The van der Waals surface area contributed by atoms with Crippen LogP contribution < -0.4 is 14.8 Å². The van der Waals surface area contributed by atoms with E-state index < -0.39 is 0 Å². The molecule has 112 valence electrons. The van der Waals surface area contributed by atoms with E-state index in [0.717, 1.165) is 22.6 Å². The van der Waals surface area contributed by atoms with E-state index in [4.69, 9.17) is 9.47 Å². The van der Waals surface area contributed by atoms with Crippen LogP contribution in [0.5, 0.6) is 11.5 Å². The molecule has 0 unspecified atom stereocenters. The first kappa shape index (κ1) is 15.2. The number of hydrogen-bond acceptors (Lipinski definition) is 3. The molecule has 0 bridgehead atoms. The molecule has 2 aromatic rings. The summed E-state index contributed by atoms with van der Waals surface area (Å²) in [5.41, 5.74) is 2.87. The van der Waals surface area contributed by atoms with E-state index in [2.05, 4.69) is 5.32 Å². The van der Waals surface area contributed by atoms with E-state index in [1.807, 2.05) is 32.0 Å². The number of aryl methyl sites for hydroxylation is 1. The molecule has 0 fully saturated rings. The van der Waals surface area contributed by atoms with Crippen LogP contribution in [0.15, 0.2) is 36.4 Å².